The highest BCUT2D eigenvalue weighted by Crippen LogP contribution is 2.08. The first-order valence-corrected chi connectivity index (χ1v) is 5.23. The van der Waals surface area contributed by atoms with Gasteiger partial charge in [-0.05, 0) is 39.0 Å². The van der Waals surface area contributed by atoms with Crippen LogP contribution in [-0.2, 0) is 9.53 Å². The second kappa shape index (κ2) is 5.39. The number of esters is 1. The minimum atomic E-state index is -0.504. The molecule has 0 aliphatic rings. The van der Waals surface area contributed by atoms with E-state index in [4.69, 9.17) is 4.74 Å². The maximum Gasteiger partial charge on any atom is 0.331 e. The molecule has 0 spiro atoms. The van der Waals surface area contributed by atoms with Gasteiger partial charge in [0.2, 0.25) is 0 Å². The molecule has 0 saturated carbocycles. The van der Waals surface area contributed by atoms with Crippen molar-refractivity contribution in [3.8, 4) is 0 Å². The number of aromatic nitrogens is 1. The topological polar surface area (TPSA) is 56.3 Å². The molecular formula is C13H15NO3. The Morgan fingerprint density at radius 2 is 2.06 bits per heavy atom. The number of aldehydes is 1. The SMILES string of the molecule is CC(C)(C)OC(=O)C=Cc1ccc(C=O)cn1. The highest BCUT2D eigenvalue weighted by Gasteiger charge is 2.13. The van der Waals surface area contributed by atoms with Crippen molar-refractivity contribution in [2.24, 2.45) is 0 Å². The molecule has 17 heavy (non-hydrogen) atoms. The number of pyridine rings is 1. The second-order valence-electron chi connectivity index (χ2n) is 4.50. The normalized spacial score (nSPS) is 11.5. The summed E-state index contributed by atoms with van der Waals surface area (Å²) in [5.74, 6) is -0.418. The number of ether oxygens (including phenoxy) is 1. The summed E-state index contributed by atoms with van der Waals surface area (Å²) in [6.07, 6.45) is 5.02. The van der Waals surface area contributed by atoms with E-state index in [9.17, 15) is 9.59 Å². The first kappa shape index (κ1) is 13.1. The number of hydrogen-bond donors (Lipinski definition) is 0. The molecule has 0 amide bonds. The van der Waals surface area contributed by atoms with E-state index in [1.54, 1.807) is 39.0 Å². The van der Waals surface area contributed by atoms with Gasteiger partial charge in [0.05, 0.1) is 5.69 Å². The van der Waals surface area contributed by atoms with Gasteiger partial charge in [-0.2, -0.15) is 0 Å². The highest BCUT2D eigenvalue weighted by atomic mass is 16.6. The van der Waals surface area contributed by atoms with Crippen molar-refractivity contribution >= 4 is 18.3 Å². The molecule has 0 N–H and O–H groups in total. The molecule has 4 heteroatoms. The average Bonchev–Trinajstić information content (AvgIpc) is 2.25. The minimum Gasteiger partial charge on any atom is -0.457 e. The Hall–Kier alpha value is -1.97. The van der Waals surface area contributed by atoms with Gasteiger partial charge in [-0.1, -0.05) is 0 Å². The summed E-state index contributed by atoms with van der Waals surface area (Å²) in [4.78, 5) is 25.8. The molecule has 0 bridgehead atoms. The molecule has 4 nitrogen and oxygen atoms in total. The standard InChI is InChI=1S/C13H15NO3/c1-13(2,3)17-12(16)7-6-11-5-4-10(9-15)8-14-11/h4-9H,1-3H3. The summed E-state index contributed by atoms with van der Waals surface area (Å²) in [6, 6.07) is 3.29. The first-order chi connectivity index (χ1) is 7.90. The fraction of sp³-hybridized carbons (Fsp3) is 0.308. The smallest absolute Gasteiger partial charge is 0.331 e. The van der Waals surface area contributed by atoms with Crippen LogP contribution in [-0.4, -0.2) is 22.8 Å². The second-order valence-corrected chi connectivity index (χ2v) is 4.50. The molecule has 0 unspecified atom stereocenters. The highest BCUT2D eigenvalue weighted by molar-refractivity contribution is 5.87. The van der Waals surface area contributed by atoms with Gasteiger partial charge in [-0.25, -0.2) is 4.79 Å². The Labute approximate surface area is 100 Å². The maximum absolute atomic E-state index is 11.4. The molecule has 0 radical (unpaired) electrons. The largest absolute Gasteiger partial charge is 0.457 e. The monoisotopic (exact) mass is 233 g/mol. The van der Waals surface area contributed by atoms with Crippen LogP contribution in [0, 0.1) is 0 Å². The molecule has 1 heterocycles. The lowest BCUT2D eigenvalue weighted by atomic mass is 10.2. The fourth-order valence-electron chi connectivity index (χ4n) is 1.07. The van der Waals surface area contributed by atoms with E-state index in [0.717, 1.165) is 0 Å². The Kier molecular flexibility index (Phi) is 4.15. The van der Waals surface area contributed by atoms with E-state index in [1.165, 1.54) is 12.3 Å². The maximum atomic E-state index is 11.4. The third-order valence-electron chi connectivity index (χ3n) is 1.74. The lowest BCUT2D eigenvalue weighted by Gasteiger charge is -2.17. The van der Waals surface area contributed by atoms with Crippen molar-refractivity contribution in [1.82, 2.24) is 4.98 Å². The van der Waals surface area contributed by atoms with Crippen LogP contribution in [0.2, 0.25) is 0 Å². The van der Waals surface area contributed by atoms with E-state index >= 15 is 0 Å². The quantitative estimate of drug-likeness (QED) is 0.456. The van der Waals surface area contributed by atoms with Crippen molar-refractivity contribution in [1.29, 1.82) is 0 Å². The third kappa shape index (κ3) is 5.06. The number of rotatable bonds is 3. The first-order valence-electron chi connectivity index (χ1n) is 5.23. The summed E-state index contributed by atoms with van der Waals surface area (Å²) >= 11 is 0. The molecule has 1 aromatic heterocycles. The Balaban J connectivity index is 2.64. The number of hydrogen-bond acceptors (Lipinski definition) is 4. The van der Waals surface area contributed by atoms with Gasteiger partial charge in [0, 0.05) is 17.8 Å². The Bertz CT molecular complexity index is 427. The van der Waals surface area contributed by atoms with Gasteiger partial charge < -0.3 is 4.74 Å². The van der Waals surface area contributed by atoms with Crippen LogP contribution in [0.4, 0.5) is 0 Å². The molecule has 1 rings (SSSR count). The van der Waals surface area contributed by atoms with E-state index in [0.29, 0.717) is 17.5 Å². The summed E-state index contributed by atoms with van der Waals surface area (Å²) in [5, 5.41) is 0. The molecular weight excluding hydrogens is 218 g/mol. The minimum absolute atomic E-state index is 0.418. The molecule has 0 aliphatic carbocycles. The number of carbonyl (C=O) groups is 2. The van der Waals surface area contributed by atoms with Crippen molar-refractivity contribution in [3.63, 3.8) is 0 Å². The molecule has 90 valence electrons. The van der Waals surface area contributed by atoms with Crippen molar-refractivity contribution in [2.45, 2.75) is 26.4 Å². The molecule has 0 aromatic carbocycles. The van der Waals surface area contributed by atoms with Crippen molar-refractivity contribution < 1.29 is 14.3 Å². The van der Waals surface area contributed by atoms with Crippen molar-refractivity contribution in [2.75, 3.05) is 0 Å². The predicted molar refractivity (Wildman–Crippen MR) is 64.5 cm³/mol. The zero-order valence-electron chi connectivity index (χ0n) is 10.1. The van der Waals surface area contributed by atoms with E-state index in [1.807, 2.05) is 0 Å². The Morgan fingerprint density at radius 3 is 2.53 bits per heavy atom. The zero-order chi connectivity index (χ0) is 12.9. The molecule has 1 aromatic rings. The van der Waals surface area contributed by atoms with Crippen LogP contribution in [0.1, 0.15) is 36.8 Å². The lowest BCUT2D eigenvalue weighted by molar-refractivity contribution is -0.148. The number of nitrogens with zero attached hydrogens (tertiary/aromatic N) is 1. The van der Waals surface area contributed by atoms with Crippen LogP contribution in [0.15, 0.2) is 24.4 Å². The van der Waals surface area contributed by atoms with Gasteiger partial charge in [-0.3, -0.25) is 9.78 Å². The molecule has 0 aliphatic heterocycles. The van der Waals surface area contributed by atoms with E-state index in [2.05, 4.69) is 4.98 Å². The molecule has 0 saturated heterocycles. The van der Waals surface area contributed by atoms with E-state index in [-0.39, 0.29) is 0 Å². The van der Waals surface area contributed by atoms with Gasteiger partial charge in [0.25, 0.3) is 0 Å². The van der Waals surface area contributed by atoms with Crippen LogP contribution in [0.5, 0.6) is 0 Å². The zero-order valence-corrected chi connectivity index (χ0v) is 10.1. The summed E-state index contributed by atoms with van der Waals surface area (Å²) in [7, 11) is 0. The van der Waals surface area contributed by atoms with Gasteiger partial charge in [-0.15, -0.1) is 0 Å². The number of carbonyl (C=O) groups excluding carboxylic acids is 2. The van der Waals surface area contributed by atoms with Crippen molar-refractivity contribution in [3.05, 3.63) is 35.7 Å². The average molecular weight is 233 g/mol. The third-order valence-corrected chi connectivity index (χ3v) is 1.74. The summed E-state index contributed by atoms with van der Waals surface area (Å²) < 4.78 is 5.09. The van der Waals surface area contributed by atoms with Crippen LogP contribution in [0.3, 0.4) is 0 Å². The van der Waals surface area contributed by atoms with Gasteiger partial charge >= 0.3 is 5.97 Å². The van der Waals surface area contributed by atoms with E-state index < -0.39 is 11.6 Å². The summed E-state index contributed by atoms with van der Waals surface area (Å²) in [5.41, 5.74) is 0.594. The van der Waals surface area contributed by atoms with Gasteiger partial charge in [0.15, 0.2) is 6.29 Å². The lowest BCUT2D eigenvalue weighted by Crippen LogP contribution is -2.22. The Morgan fingerprint density at radius 1 is 1.35 bits per heavy atom. The predicted octanol–water partition coefficient (Wildman–Crippen LogP) is 2.25. The molecule has 0 fully saturated rings. The fourth-order valence-corrected chi connectivity index (χ4v) is 1.07. The van der Waals surface area contributed by atoms with Crippen LogP contribution >= 0.6 is 0 Å². The summed E-state index contributed by atoms with van der Waals surface area (Å²) in [6.45, 7) is 5.40. The van der Waals surface area contributed by atoms with Crippen LogP contribution < -0.4 is 0 Å². The van der Waals surface area contributed by atoms with Crippen LogP contribution in [0.25, 0.3) is 6.08 Å². The molecule has 0 atom stereocenters. The van der Waals surface area contributed by atoms with Gasteiger partial charge in [0.1, 0.15) is 5.60 Å².